The first kappa shape index (κ1) is 8.53. The van der Waals surface area contributed by atoms with Crippen LogP contribution in [0.25, 0.3) is 11.0 Å². The molecule has 0 aliphatic heterocycles. The van der Waals surface area contributed by atoms with Gasteiger partial charge in [-0.05, 0) is 17.7 Å². The first-order chi connectivity index (χ1) is 6.70. The van der Waals surface area contributed by atoms with Crippen molar-refractivity contribution in [2.24, 2.45) is 5.73 Å². The molecule has 5 heteroatoms. The van der Waals surface area contributed by atoms with Crippen LogP contribution in [0.4, 0.5) is 0 Å². The number of nitrogens with zero attached hydrogens (tertiary/aromatic N) is 1. The SMILES string of the molecule is N#CC(N)c1ccc2[nH]c(=O)[nH]c2c1. The highest BCUT2D eigenvalue weighted by Crippen LogP contribution is 2.14. The van der Waals surface area contributed by atoms with Crippen LogP contribution >= 0.6 is 0 Å². The van der Waals surface area contributed by atoms with Gasteiger partial charge in [-0.1, -0.05) is 6.07 Å². The number of hydrogen-bond donors (Lipinski definition) is 3. The predicted molar refractivity (Wildman–Crippen MR) is 51.5 cm³/mol. The lowest BCUT2D eigenvalue weighted by Gasteiger charge is -2.01. The third-order valence-corrected chi connectivity index (χ3v) is 2.04. The van der Waals surface area contributed by atoms with Crippen LogP contribution in [0.15, 0.2) is 23.0 Å². The van der Waals surface area contributed by atoms with E-state index in [0.717, 1.165) is 0 Å². The number of benzene rings is 1. The third-order valence-electron chi connectivity index (χ3n) is 2.04. The van der Waals surface area contributed by atoms with Crippen LogP contribution < -0.4 is 11.4 Å². The molecule has 4 N–H and O–H groups in total. The highest BCUT2D eigenvalue weighted by molar-refractivity contribution is 5.75. The van der Waals surface area contributed by atoms with Gasteiger partial charge < -0.3 is 15.7 Å². The fourth-order valence-electron chi connectivity index (χ4n) is 1.32. The molecule has 1 aromatic carbocycles. The molecule has 5 nitrogen and oxygen atoms in total. The van der Waals surface area contributed by atoms with E-state index in [1.54, 1.807) is 18.2 Å². The summed E-state index contributed by atoms with van der Waals surface area (Å²) in [6.07, 6.45) is 0. The van der Waals surface area contributed by atoms with E-state index in [0.29, 0.717) is 16.6 Å². The normalized spacial score (nSPS) is 12.6. The van der Waals surface area contributed by atoms with Crippen molar-refractivity contribution in [3.05, 3.63) is 34.2 Å². The number of nitrogens with one attached hydrogen (secondary N) is 2. The summed E-state index contributed by atoms with van der Waals surface area (Å²) in [5.74, 6) is 0. The van der Waals surface area contributed by atoms with E-state index >= 15 is 0 Å². The van der Waals surface area contributed by atoms with E-state index in [2.05, 4.69) is 9.97 Å². The lowest BCUT2D eigenvalue weighted by molar-refractivity contribution is 0.928. The number of nitrogens with two attached hydrogens (primary N) is 1. The molecule has 1 unspecified atom stereocenters. The minimum absolute atomic E-state index is 0.261. The van der Waals surface area contributed by atoms with Crippen molar-refractivity contribution >= 4 is 11.0 Å². The molecule has 14 heavy (non-hydrogen) atoms. The molecule has 0 aliphatic carbocycles. The molecule has 0 bridgehead atoms. The Labute approximate surface area is 79.2 Å². The van der Waals surface area contributed by atoms with Crippen molar-refractivity contribution in [3.8, 4) is 6.07 Å². The Morgan fingerprint density at radius 1 is 1.36 bits per heavy atom. The zero-order valence-corrected chi connectivity index (χ0v) is 7.24. The second kappa shape index (κ2) is 3.01. The number of hydrogen-bond acceptors (Lipinski definition) is 3. The zero-order valence-electron chi connectivity index (χ0n) is 7.24. The van der Waals surface area contributed by atoms with Crippen LogP contribution in [0.3, 0.4) is 0 Å². The molecule has 0 fully saturated rings. The zero-order chi connectivity index (χ0) is 10.1. The summed E-state index contributed by atoms with van der Waals surface area (Å²) < 4.78 is 0. The van der Waals surface area contributed by atoms with Gasteiger partial charge in [-0.3, -0.25) is 0 Å². The topological polar surface area (TPSA) is 98.5 Å². The summed E-state index contributed by atoms with van der Waals surface area (Å²) in [7, 11) is 0. The molecule has 2 aromatic rings. The molecule has 0 amide bonds. The van der Waals surface area contributed by atoms with Crippen LogP contribution in [-0.2, 0) is 0 Å². The molecular formula is C9H8N4O. The first-order valence-corrected chi connectivity index (χ1v) is 4.08. The van der Waals surface area contributed by atoms with Gasteiger partial charge >= 0.3 is 5.69 Å². The standard InChI is InChI=1S/C9H8N4O/c10-4-6(11)5-1-2-7-8(3-5)13-9(14)12-7/h1-3,6H,11H2,(H2,12,13,14). The van der Waals surface area contributed by atoms with Crippen LogP contribution in [0, 0.1) is 11.3 Å². The summed E-state index contributed by atoms with van der Waals surface area (Å²) in [5, 5.41) is 8.61. The van der Waals surface area contributed by atoms with Crippen LogP contribution in [-0.4, -0.2) is 9.97 Å². The molecule has 2 rings (SSSR count). The summed E-state index contributed by atoms with van der Waals surface area (Å²) >= 11 is 0. The van der Waals surface area contributed by atoms with Gasteiger partial charge in [0.2, 0.25) is 0 Å². The van der Waals surface area contributed by atoms with Crippen LogP contribution in [0.2, 0.25) is 0 Å². The second-order valence-corrected chi connectivity index (χ2v) is 2.99. The van der Waals surface area contributed by atoms with E-state index in [-0.39, 0.29) is 5.69 Å². The Morgan fingerprint density at radius 2 is 2.07 bits per heavy atom. The van der Waals surface area contributed by atoms with Gasteiger partial charge in [-0.15, -0.1) is 0 Å². The molecule has 1 heterocycles. The lowest BCUT2D eigenvalue weighted by Crippen LogP contribution is -2.06. The molecule has 0 saturated carbocycles. The predicted octanol–water partition coefficient (Wildman–Crippen LogP) is 0.380. The van der Waals surface area contributed by atoms with Crippen LogP contribution in [0.5, 0.6) is 0 Å². The maximum absolute atomic E-state index is 10.9. The van der Waals surface area contributed by atoms with Crippen LogP contribution in [0.1, 0.15) is 11.6 Å². The van der Waals surface area contributed by atoms with E-state index in [1.165, 1.54) is 0 Å². The van der Waals surface area contributed by atoms with Gasteiger partial charge in [-0.2, -0.15) is 5.26 Å². The largest absolute Gasteiger partial charge is 0.323 e. The lowest BCUT2D eigenvalue weighted by atomic mass is 10.1. The van der Waals surface area contributed by atoms with Gasteiger partial charge in [0.05, 0.1) is 17.1 Å². The Morgan fingerprint density at radius 3 is 2.79 bits per heavy atom. The number of fused-ring (bicyclic) bond motifs is 1. The van der Waals surface area contributed by atoms with Gasteiger partial charge in [-0.25, -0.2) is 4.79 Å². The molecule has 1 atom stereocenters. The van der Waals surface area contributed by atoms with Crippen molar-refractivity contribution in [2.75, 3.05) is 0 Å². The van der Waals surface area contributed by atoms with E-state index in [1.807, 2.05) is 6.07 Å². The van der Waals surface area contributed by atoms with E-state index in [4.69, 9.17) is 11.0 Å². The minimum Gasteiger partial charge on any atom is -0.312 e. The number of nitriles is 1. The average Bonchev–Trinajstić information content (AvgIpc) is 2.55. The monoisotopic (exact) mass is 188 g/mol. The Bertz CT molecular complexity index is 560. The maximum Gasteiger partial charge on any atom is 0.323 e. The molecular weight excluding hydrogens is 180 g/mol. The van der Waals surface area contributed by atoms with Gasteiger partial charge in [0.15, 0.2) is 0 Å². The van der Waals surface area contributed by atoms with Crippen molar-refractivity contribution in [3.63, 3.8) is 0 Å². The number of aromatic amines is 2. The van der Waals surface area contributed by atoms with Crippen molar-refractivity contribution in [1.82, 2.24) is 9.97 Å². The molecule has 0 aliphatic rings. The average molecular weight is 188 g/mol. The Kier molecular flexibility index (Phi) is 1.84. The fraction of sp³-hybridized carbons (Fsp3) is 0.111. The van der Waals surface area contributed by atoms with Gasteiger partial charge in [0, 0.05) is 0 Å². The quantitative estimate of drug-likeness (QED) is 0.603. The molecule has 0 saturated heterocycles. The summed E-state index contributed by atoms with van der Waals surface area (Å²) in [6.45, 7) is 0. The fourth-order valence-corrected chi connectivity index (χ4v) is 1.32. The number of H-pyrrole nitrogens is 2. The van der Waals surface area contributed by atoms with Crippen molar-refractivity contribution in [2.45, 2.75) is 6.04 Å². The van der Waals surface area contributed by atoms with Gasteiger partial charge in [0.25, 0.3) is 0 Å². The summed E-state index contributed by atoms with van der Waals surface area (Å²) in [6, 6.07) is 6.41. The van der Waals surface area contributed by atoms with Gasteiger partial charge in [0.1, 0.15) is 6.04 Å². The highest BCUT2D eigenvalue weighted by Gasteiger charge is 2.05. The highest BCUT2D eigenvalue weighted by atomic mass is 16.1. The van der Waals surface area contributed by atoms with E-state index in [9.17, 15) is 4.79 Å². The number of rotatable bonds is 1. The smallest absolute Gasteiger partial charge is 0.312 e. The summed E-state index contributed by atoms with van der Waals surface area (Å²) in [4.78, 5) is 16.1. The third kappa shape index (κ3) is 1.28. The van der Waals surface area contributed by atoms with Crippen molar-refractivity contribution < 1.29 is 0 Å². The molecule has 1 aromatic heterocycles. The first-order valence-electron chi connectivity index (χ1n) is 4.08. The van der Waals surface area contributed by atoms with Crippen molar-refractivity contribution in [1.29, 1.82) is 5.26 Å². The Balaban J connectivity index is 2.62. The minimum atomic E-state index is -0.655. The number of imidazole rings is 1. The molecule has 0 spiro atoms. The Hall–Kier alpha value is -2.06. The summed E-state index contributed by atoms with van der Waals surface area (Å²) in [5.41, 5.74) is 7.33. The maximum atomic E-state index is 10.9. The van der Waals surface area contributed by atoms with E-state index < -0.39 is 6.04 Å². The molecule has 70 valence electrons. The second-order valence-electron chi connectivity index (χ2n) is 2.99. The molecule has 0 radical (unpaired) electrons. The number of aromatic nitrogens is 2.